The lowest BCUT2D eigenvalue weighted by molar-refractivity contribution is -0.149. The fourth-order valence-electron chi connectivity index (χ4n) is 0.273. The molecule has 0 heterocycles. The van der Waals surface area contributed by atoms with Gasteiger partial charge in [-0.3, -0.25) is 0 Å². The maximum atomic E-state index is 11.4. The highest BCUT2D eigenvalue weighted by Crippen LogP contribution is 2.30. The second kappa shape index (κ2) is 2.60. The summed E-state index contributed by atoms with van der Waals surface area (Å²) in [5.41, 5.74) is 0. The smallest absolute Gasteiger partial charge is 0.386 e. The van der Waals surface area contributed by atoms with Gasteiger partial charge >= 0.3 is 6.18 Å². The molecule has 2 unspecified atom stereocenters. The number of halogens is 3. The summed E-state index contributed by atoms with van der Waals surface area (Å²) in [6.07, 6.45) is -6.03. The van der Waals surface area contributed by atoms with Gasteiger partial charge < -0.3 is 5.11 Å². The number of hydrogen-bond donors (Lipinski definition) is 1. The van der Waals surface area contributed by atoms with Gasteiger partial charge in [-0.15, -0.1) is 0 Å². The van der Waals surface area contributed by atoms with Crippen LogP contribution in [0.1, 0.15) is 6.92 Å². The van der Waals surface area contributed by atoms with E-state index in [1.165, 1.54) is 0 Å². The Morgan fingerprint density at radius 3 is 1.78 bits per heavy atom. The Morgan fingerprint density at radius 2 is 1.78 bits per heavy atom. The van der Waals surface area contributed by atoms with Crippen molar-refractivity contribution in [1.29, 1.82) is 0 Å². The van der Waals surface area contributed by atoms with Crippen LogP contribution >= 0.6 is 0 Å². The minimum absolute atomic E-state index is 0.998. The Balaban J connectivity index is 3.88. The molecular weight excluding hydrogens is 132 g/mol. The molecule has 0 rings (SSSR count). The van der Waals surface area contributed by atoms with Crippen LogP contribution in [0.4, 0.5) is 13.2 Å². The molecule has 5 heteroatoms. The van der Waals surface area contributed by atoms with Gasteiger partial charge in [0.05, 0.1) is 14.0 Å². The molecule has 0 saturated carbocycles. The molecule has 52 valence electrons. The maximum Gasteiger partial charge on any atom is 0.386 e. The molecule has 0 aromatic rings. The molecule has 0 amide bonds. The van der Waals surface area contributed by atoms with Gasteiger partial charge in [0, 0.05) is 5.82 Å². The first-order valence-electron chi connectivity index (χ1n) is 2.36. The molecule has 2 atom stereocenters. The molecule has 1 nitrogen and oxygen atoms in total. The van der Waals surface area contributed by atoms with Crippen LogP contribution in [0.3, 0.4) is 0 Å². The van der Waals surface area contributed by atoms with Gasteiger partial charge in [-0.2, -0.15) is 13.2 Å². The molecule has 0 fully saturated rings. The normalized spacial score (nSPS) is 19.2. The van der Waals surface area contributed by atoms with Crippen LogP contribution < -0.4 is 0 Å². The lowest BCUT2D eigenvalue weighted by Gasteiger charge is -2.17. The molecule has 0 aromatic heterocycles. The summed E-state index contributed by atoms with van der Waals surface area (Å²) >= 11 is 0. The van der Waals surface area contributed by atoms with Crippen LogP contribution in [0.25, 0.3) is 0 Å². The average Bonchev–Trinajstić information content (AvgIpc) is 1.62. The summed E-state index contributed by atoms with van der Waals surface area (Å²) < 4.78 is 34.2. The zero-order valence-corrected chi connectivity index (χ0v) is 4.81. The van der Waals surface area contributed by atoms with Gasteiger partial charge in [0.15, 0.2) is 0 Å². The number of aliphatic hydroxyl groups is 1. The largest absolute Gasteiger partial charge is 0.394 e. The van der Waals surface area contributed by atoms with Gasteiger partial charge in [0.25, 0.3) is 0 Å². The fraction of sp³-hybridized carbons (Fsp3) is 1.00. The maximum absolute atomic E-state index is 11.4. The summed E-state index contributed by atoms with van der Waals surface area (Å²) in [6, 6.07) is 0. The zero-order valence-electron chi connectivity index (χ0n) is 4.81. The quantitative estimate of drug-likeness (QED) is 0.533. The van der Waals surface area contributed by atoms with Crippen molar-refractivity contribution in [3.05, 3.63) is 0 Å². The molecule has 0 aromatic carbocycles. The van der Waals surface area contributed by atoms with Crippen molar-refractivity contribution in [2.75, 3.05) is 0 Å². The van der Waals surface area contributed by atoms with E-state index < -0.39 is 18.1 Å². The highest BCUT2D eigenvalue weighted by molar-refractivity contribution is 6.12. The molecule has 2 radical (unpaired) electrons. The third kappa shape index (κ3) is 2.74. The number of rotatable bonds is 1. The Hall–Kier alpha value is -0.185. The Morgan fingerprint density at radius 1 is 1.44 bits per heavy atom. The van der Waals surface area contributed by atoms with Crippen LogP contribution in [0.2, 0.25) is 5.82 Å². The first-order valence-corrected chi connectivity index (χ1v) is 2.36. The van der Waals surface area contributed by atoms with Crippen molar-refractivity contribution in [2.45, 2.75) is 25.0 Å². The van der Waals surface area contributed by atoms with Crippen LogP contribution in [-0.4, -0.2) is 25.2 Å². The predicted octanol–water partition coefficient (Wildman–Crippen LogP) is 0.887. The van der Waals surface area contributed by atoms with Crippen molar-refractivity contribution in [3.63, 3.8) is 0 Å². The van der Waals surface area contributed by atoms with Gasteiger partial charge in [0.1, 0.15) is 0 Å². The summed E-state index contributed by atoms with van der Waals surface area (Å²) in [6.45, 7) is 0.998. The second-order valence-corrected chi connectivity index (χ2v) is 1.81. The summed E-state index contributed by atoms with van der Waals surface area (Å²) in [7, 11) is 4.52. The molecule has 0 aliphatic rings. The summed E-state index contributed by atoms with van der Waals surface area (Å²) in [5, 5.41) is 8.31. The highest BCUT2D eigenvalue weighted by atomic mass is 19.4. The number of hydrogen-bond acceptors (Lipinski definition) is 1. The molecule has 0 spiro atoms. The van der Waals surface area contributed by atoms with Gasteiger partial charge in [-0.05, 0) is 6.92 Å². The predicted molar refractivity (Wildman–Crippen MR) is 27.2 cm³/mol. The van der Waals surface area contributed by atoms with E-state index in [1.807, 2.05) is 0 Å². The topological polar surface area (TPSA) is 20.2 Å². The molecule has 0 aliphatic heterocycles. The minimum Gasteiger partial charge on any atom is -0.394 e. The van der Waals surface area contributed by atoms with Crippen molar-refractivity contribution in [3.8, 4) is 0 Å². The van der Waals surface area contributed by atoms with Crippen molar-refractivity contribution < 1.29 is 18.3 Å². The number of alkyl halides is 3. The summed E-state index contributed by atoms with van der Waals surface area (Å²) in [4.78, 5) is 0. The highest BCUT2D eigenvalue weighted by Gasteiger charge is 2.37. The molecule has 0 bridgehead atoms. The van der Waals surface area contributed by atoms with Gasteiger partial charge in [-0.1, -0.05) is 0 Å². The van der Waals surface area contributed by atoms with Crippen LogP contribution in [0.5, 0.6) is 0 Å². The lowest BCUT2D eigenvalue weighted by atomic mass is 9.82. The summed E-state index contributed by atoms with van der Waals surface area (Å²) in [5.74, 6) is -2.13. The van der Waals surface area contributed by atoms with E-state index in [4.69, 9.17) is 5.11 Å². The van der Waals surface area contributed by atoms with Crippen LogP contribution in [0.15, 0.2) is 0 Å². The van der Waals surface area contributed by atoms with Crippen molar-refractivity contribution in [1.82, 2.24) is 0 Å². The van der Waals surface area contributed by atoms with Crippen LogP contribution in [0, 0.1) is 0 Å². The Kier molecular flexibility index (Phi) is 2.55. The Labute approximate surface area is 52.3 Å². The standard InChI is InChI=1S/C4H6BF3O/c1-2(9)3(5)4(6,7)8/h2-3,9H,1H3. The third-order valence-corrected chi connectivity index (χ3v) is 0.898. The van der Waals surface area contributed by atoms with E-state index in [1.54, 1.807) is 0 Å². The average molecular weight is 138 g/mol. The lowest BCUT2D eigenvalue weighted by Crippen LogP contribution is -2.26. The van der Waals surface area contributed by atoms with E-state index in [2.05, 4.69) is 7.85 Å². The van der Waals surface area contributed by atoms with E-state index in [-0.39, 0.29) is 0 Å². The first kappa shape index (κ1) is 8.81. The Bertz CT molecular complexity index is 90.3. The number of aliphatic hydroxyl groups excluding tert-OH is 1. The third-order valence-electron chi connectivity index (χ3n) is 0.898. The van der Waals surface area contributed by atoms with E-state index in [9.17, 15) is 13.2 Å². The monoisotopic (exact) mass is 138 g/mol. The first-order chi connectivity index (χ1) is 3.85. The minimum atomic E-state index is -4.49. The van der Waals surface area contributed by atoms with Gasteiger partial charge in [-0.25, -0.2) is 0 Å². The van der Waals surface area contributed by atoms with E-state index in [0.29, 0.717) is 0 Å². The van der Waals surface area contributed by atoms with E-state index in [0.717, 1.165) is 6.92 Å². The van der Waals surface area contributed by atoms with Crippen LogP contribution in [-0.2, 0) is 0 Å². The fourth-order valence-corrected chi connectivity index (χ4v) is 0.273. The molecule has 1 N–H and O–H groups in total. The molecule has 0 saturated heterocycles. The molecule has 0 aliphatic carbocycles. The van der Waals surface area contributed by atoms with Gasteiger partial charge in [0.2, 0.25) is 0 Å². The zero-order chi connectivity index (χ0) is 7.65. The molecule has 9 heavy (non-hydrogen) atoms. The molecular formula is C4H6BF3O. The van der Waals surface area contributed by atoms with E-state index >= 15 is 0 Å². The van der Waals surface area contributed by atoms with Crippen molar-refractivity contribution >= 4 is 7.85 Å². The second-order valence-electron chi connectivity index (χ2n) is 1.81. The SMILES string of the molecule is [B]C(C(C)O)C(F)(F)F. The van der Waals surface area contributed by atoms with Crippen molar-refractivity contribution in [2.24, 2.45) is 0 Å².